The first-order chi connectivity index (χ1) is 13.3. The summed E-state index contributed by atoms with van der Waals surface area (Å²) in [5.74, 6) is 0.400. The molecular formula is C20H14BrF3N4. The molecule has 0 atom stereocenters. The highest BCUT2D eigenvalue weighted by Gasteiger charge is 2.39. The van der Waals surface area contributed by atoms with Gasteiger partial charge in [0.1, 0.15) is 5.82 Å². The highest BCUT2D eigenvalue weighted by molar-refractivity contribution is 9.10. The van der Waals surface area contributed by atoms with E-state index in [4.69, 9.17) is 0 Å². The molecule has 2 heterocycles. The Morgan fingerprint density at radius 1 is 1.00 bits per heavy atom. The van der Waals surface area contributed by atoms with Gasteiger partial charge < -0.3 is 5.32 Å². The summed E-state index contributed by atoms with van der Waals surface area (Å²) in [7, 11) is 0. The second-order valence-electron chi connectivity index (χ2n) is 6.24. The quantitative estimate of drug-likeness (QED) is 0.405. The summed E-state index contributed by atoms with van der Waals surface area (Å²) in [6.45, 7) is 1.74. The van der Waals surface area contributed by atoms with Crippen molar-refractivity contribution in [1.82, 2.24) is 14.6 Å². The fourth-order valence-electron chi connectivity index (χ4n) is 2.98. The first-order valence-electron chi connectivity index (χ1n) is 8.38. The molecule has 0 aliphatic heterocycles. The third kappa shape index (κ3) is 3.47. The van der Waals surface area contributed by atoms with Crippen LogP contribution in [0.2, 0.25) is 0 Å². The van der Waals surface area contributed by atoms with Crippen LogP contribution >= 0.6 is 15.9 Å². The lowest BCUT2D eigenvalue weighted by atomic mass is 10.1. The number of rotatable bonds is 3. The maximum absolute atomic E-state index is 13.7. The molecule has 0 spiro atoms. The molecule has 0 bridgehead atoms. The van der Waals surface area contributed by atoms with E-state index < -0.39 is 11.9 Å². The van der Waals surface area contributed by atoms with Crippen LogP contribution in [0.15, 0.2) is 65.1 Å². The Bertz CT molecular complexity index is 1140. The van der Waals surface area contributed by atoms with Crippen LogP contribution in [0.1, 0.15) is 11.4 Å². The molecule has 142 valence electrons. The van der Waals surface area contributed by atoms with Crippen LogP contribution < -0.4 is 5.32 Å². The minimum atomic E-state index is -4.61. The molecular weight excluding hydrogens is 433 g/mol. The van der Waals surface area contributed by atoms with Crippen molar-refractivity contribution in [3.63, 3.8) is 0 Å². The lowest BCUT2D eigenvalue weighted by Gasteiger charge is -2.10. The number of fused-ring (bicyclic) bond motifs is 1. The molecule has 4 aromatic rings. The molecule has 0 radical (unpaired) electrons. The van der Waals surface area contributed by atoms with Crippen LogP contribution in [0.3, 0.4) is 0 Å². The van der Waals surface area contributed by atoms with Gasteiger partial charge in [-0.25, -0.2) is 4.98 Å². The van der Waals surface area contributed by atoms with Crippen molar-refractivity contribution in [2.75, 3.05) is 5.32 Å². The van der Waals surface area contributed by atoms with E-state index in [9.17, 15) is 13.2 Å². The van der Waals surface area contributed by atoms with Crippen LogP contribution in [0, 0.1) is 6.92 Å². The summed E-state index contributed by atoms with van der Waals surface area (Å²) >= 11 is 3.36. The summed E-state index contributed by atoms with van der Waals surface area (Å²) < 4.78 is 43.4. The van der Waals surface area contributed by atoms with E-state index in [-0.39, 0.29) is 11.2 Å². The van der Waals surface area contributed by atoms with Gasteiger partial charge in [-0.05, 0) is 36.8 Å². The molecule has 0 saturated carbocycles. The fraction of sp³-hybridized carbons (Fsp3) is 0.100. The number of aromatic nitrogens is 3. The maximum atomic E-state index is 13.7. The van der Waals surface area contributed by atoms with Gasteiger partial charge in [0.05, 0.1) is 5.56 Å². The van der Waals surface area contributed by atoms with E-state index in [1.54, 1.807) is 43.3 Å². The molecule has 0 saturated heterocycles. The van der Waals surface area contributed by atoms with Gasteiger partial charge in [0.15, 0.2) is 11.3 Å². The smallest absolute Gasteiger partial charge is 0.340 e. The average Bonchev–Trinajstić information content (AvgIpc) is 3.04. The van der Waals surface area contributed by atoms with E-state index >= 15 is 0 Å². The fourth-order valence-corrected chi connectivity index (χ4v) is 3.24. The van der Waals surface area contributed by atoms with Crippen LogP contribution in [0.25, 0.3) is 16.8 Å². The summed E-state index contributed by atoms with van der Waals surface area (Å²) in [4.78, 5) is 4.36. The molecule has 0 amide bonds. The highest BCUT2D eigenvalue weighted by atomic mass is 79.9. The molecule has 2 aromatic heterocycles. The van der Waals surface area contributed by atoms with Gasteiger partial charge >= 0.3 is 6.18 Å². The molecule has 1 N–H and O–H groups in total. The van der Waals surface area contributed by atoms with Gasteiger partial charge in [-0.3, -0.25) is 0 Å². The number of aryl methyl sites for hydroxylation is 1. The van der Waals surface area contributed by atoms with Crippen molar-refractivity contribution in [3.05, 3.63) is 76.5 Å². The highest BCUT2D eigenvalue weighted by Crippen LogP contribution is 2.39. The Morgan fingerprint density at radius 2 is 1.68 bits per heavy atom. The Kier molecular flexibility index (Phi) is 4.58. The van der Waals surface area contributed by atoms with Gasteiger partial charge in [0.25, 0.3) is 0 Å². The van der Waals surface area contributed by atoms with Crippen molar-refractivity contribution in [2.45, 2.75) is 13.1 Å². The Hall–Kier alpha value is -2.87. The number of halogens is 4. The van der Waals surface area contributed by atoms with Gasteiger partial charge in [-0.15, -0.1) is 0 Å². The van der Waals surface area contributed by atoms with Gasteiger partial charge in [0, 0.05) is 21.9 Å². The van der Waals surface area contributed by atoms with E-state index in [1.807, 2.05) is 24.3 Å². The van der Waals surface area contributed by atoms with Crippen LogP contribution in [-0.2, 0) is 6.18 Å². The van der Waals surface area contributed by atoms with Crippen molar-refractivity contribution >= 4 is 33.1 Å². The minimum absolute atomic E-state index is 0.0318. The molecule has 0 unspecified atom stereocenters. The zero-order valence-electron chi connectivity index (χ0n) is 14.6. The maximum Gasteiger partial charge on any atom is 0.435 e. The van der Waals surface area contributed by atoms with Crippen molar-refractivity contribution in [2.24, 2.45) is 0 Å². The number of benzene rings is 2. The van der Waals surface area contributed by atoms with Crippen molar-refractivity contribution < 1.29 is 13.2 Å². The summed E-state index contributed by atoms with van der Waals surface area (Å²) in [6.07, 6.45) is -4.61. The Morgan fingerprint density at radius 3 is 2.32 bits per heavy atom. The largest absolute Gasteiger partial charge is 0.435 e. The zero-order chi connectivity index (χ0) is 19.9. The normalized spacial score (nSPS) is 11.8. The molecule has 4 rings (SSSR count). The number of alkyl halides is 3. The standard InChI is InChI=1S/C20H14BrF3N4/c1-12-11-16(26-15-9-7-14(21)8-10-15)28-19(25-12)17(13-5-3-2-4-6-13)18(27-28)20(22,23)24/h2-11,26H,1H3. The topological polar surface area (TPSA) is 42.2 Å². The summed E-state index contributed by atoms with van der Waals surface area (Å²) in [5.41, 5.74) is 0.875. The predicted molar refractivity (Wildman–Crippen MR) is 106 cm³/mol. The first-order valence-corrected chi connectivity index (χ1v) is 9.18. The lowest BCUT2D eigenvalue weighted by molar-refractivity contribution is -0.140. The minimum Gasteiger partial charge on any atom is -0.340 e. The molecule has 0 aliphatic carbocycles. The number of nitrogens with one attached hydrogen (secondary N) is 1. The van der Waals surface area contributed by atoms with Crippen LogP contribution in [-0.4, -0.2) is 14.6 Å². The number of hydrogen-bond donors (Lipinski definition) is 1. The van der Waals surface area contributed by atoms with Crippen LogP contribution in [0.5, 0.6) is 0 Å². The van der Waals surface area contributed by atoms with Crippen molar-refractivity contribution in [1.29, 1.82) is 0 Å². The number of anilines is 2. The molecule has 0 fully saturated rings. The Labute approximate surface area is 167 Å². The zero-order valence-corrected chi connectivity index (χ0v) is 16.2. The van der Waals surface area contributed by atoms with Gasteiger partial charge in [0.2, 0.25) is 0 Å². The second-order valence-corrected chi connectivity index (χ2v) is 7.15. The van der Waals surface area contributed by atoms with Gasteiger partial charge in [-0.1, -0.05) is 46.3 Å². The summed E-state index contributed by atoms with van der Waals surface area (Å²) in [5, 5.41) is 7.00. The van der Waals surface area contributed by atoms with E-state index in [0.29, 0.717) is 17.1 Å². The molecule has 2 aromatic carbocycles. The molecule has 0 aliphatic rings. The molecule has 8 heteroatoms. The van der Waals surface area contributed by atoms with Gasteiger partial charge in [-0.2, -0.15) is 22.8 Å². The van der Waals surface area contributed by atoms with Crippen LogP contribution in [0.4, 0.5) is 24.7 Å². The third-order valence-corrected chi connectivity index (χ3v) is 4.69. The number of hydrogen-bond acceptors (Lipinski definition) is 3. The third-order valence-electron chi connectivity index (χ3n) is 4.16. The van der Waals surface area contributed by atoms with Crippen molar-refractivity contribution in [3.8, 4) is 11.1 Å². The predicted octanol–water partition coefficient (Wildman–Crippen LogP) is 6.23. The van der Waals surface area contributed by atoms with E-state index in [2.05, 4.69) is 31.3 Å². The monoisotopic (exact) mass is 446 g/mol. The second kappa shape index (κ2) is 6.94. The SMILES string of the molecule is Cc1cc(Nc2ccc(Br)cc2)n2nc(C(F)(F)F)c(-c3ccccc3)c2n1. The van der Waals surface area contributed by atoms with E-state index in [0.717, 1.165) is 10.2 Å². The Balaban J connectivity index is 1.96. The van der Waals surface area contributed by atoms with E-state index in [1.165, 1.54) is 4.52 Å². The molecule has 28 heavy (non-hydrogen) atoms. The summed E-state index contributed by atoms with van der Waals surface area (Å²) in [6, 6.07) is 17.4. The lowest BCUT2D eigenvalue weighted by Crippen LogP contribution is -2.08. The first kappa shape index (κ1) is 18.5. The average molecular weight is 447 g/mol. The molecule has 4 nitrogen and oxygen atoms in total. The number of nitrogens with zero attached hydrogens (tertiary/aromatic N) is 3.